The number of nitrogens with zero attached hydrogens (tertiary/aromatic N) is 1. The molecule has 2 aliphatic rings. The molecule has 184 valence electrons. The third-order valence-corrected chi connectivity index (χ3v) is 8.35. The number of hydrogen-bond acceptors (Lipinski definition) is 4. The molecular weight excluding hydrogens is 470 g/mol. The van der Waals surface area contributed by atoms with Crippen LogP contribution in [0, 0.1) is 0 Å². The smallest absolute Gasteiger partial charge is 0.407 e. The molecule has 1 aliphatic heterocycles. The van der Waals surface area contributed by atoms with Crippen LogP contribution in [0.25, 0.3) is 0 Å². The van der Waals surface area contributed by atoms with E-state index in [2.05, 4.69) is 16.7 Å². The van der Waals surface area contributed by atoms with Crippen molar-refractivity contribution in [1.29, 1.82) is 0 Å². The van der Waals surface area contributed by atoms with Crippen molar-refractivity contribution in [3.05, 3.63) is 59.1 Å². The van der Waals surface area contributed by atoms with Crippen molar-refractivity contribution in [1.82, 2.24) is 10.6 Å². The van der Waals surface area contributed by atoms with Gasteiger partial charge < -0.3 is 15.4 Å². The molecule has 1 fully saturated rings. The quantitative estimate of drug-likeness (QED) is 0.460. The zero-order valence-electron chi connectivity index (χ0n) is 19.5. The van der Waals surface area contributed by atoms with E-state index in [0.717, 1.165) is 37.1 Å². The fraction of sp³-hybridized carbons (Fsp3) is 0.500. The van der Waals surface area contributed by atoms with E-state index in [0.29, 0.717) is 22.5 Å². The zero-order chi connectivity index (χ0) is 23.8. The van der Waals surface area contributed by atoms with Crippen LogP contribution in [0.5, 0.6) is 0 Å². The maximum Gasteiger partial charge on any atom is 0.407 e. The van der Waals surface area contributed by atoms with Gasteiger partial charge in [-0.3, -0.25) is 4.31 Å². The highest BCUT2D eigenvalue weighted by Gasteiger charge is 2.32. The highest BCUT2D eigenvalue weighted by molar-refractivity contribution is 7.86. The molecule has 34 heavy (non-hydrogen) atoms. The highest BCUT2D eigenvalue weighted by Crippen LogP contribution is 2.34. The van der Waals surface area contributed by atoms with Gasteiger partial charge in [-0.2, -0.15) is 0 Å². The number of halogens is 1. The molecule has 0 radical (unpaired) electrons. The Morgan fingerprint density at radius 3 is 2.59 bits per heavy atom. The first-order chi connectivity index (χ1) is 16.6. The number of amides is 1. The van der Waals surface area contributed by atoms with Gasteiger partial charge in [0.25, 0.3) is 0 Å². The Kier molecular flexibility index (Phi) is 9.25. The van der Waals surface area contributed by atoms with Crippen LogP contribution >= 0.6 is 11.6 Å². The lowest BCUT2D eigenvalue weighted by Crippen LogP contribution is -2.44. The minimum absolute atomic E-state index is 0.176. The molecule has 0 spiro atoms. The number of aryl methyl sites for hydroxylation is 1. The normalized spacial score (nSPS) is 19.3. The van der Waals surface area contributed by atoms with Crippen molar-refractivity contribution in [2.45, 2.75) is 68.3 Å². The summed E-state index contributed by atoms with van der Waals surface area (Å²) in [6.07, 6.45) is 8.55. The van der Waals surface area contributed by atoms with Crippen molar-refractivity contribution in [3.63, 3.8) is 0 Å². The topological polar surface area (TPSA) is 70.7 Å². The lowest BCUT2D eigenvalue weighted by Gasteiger charge is -2.37. The van der Waals surface area contributed by atoms with Crippen LogP contribution in [0.3, 0.4) is 0 Å². The largest absolute Gasteiger partial charge is 0.447 e. The molecule has 6 nitrogen and oxygen atoms in total. The molecule has 2 N–H and O–H groups in total. The molecule has 0 bridgehead atoms. The first kappa shape index (κ1) is 25.0. The number of carbonyl (C=O) groups excluding carboxylic acids is 1. The second kappa shape index (κ2) is 12.6. The van der Waals surface area contributed by atoms with E-state index >= 15 is 0 Å². The van der Waals surface area contributed by atoms with E-state index in [1.54, 1.807) is 24.3 Å². The molecule has 2 aromatic rings. The summed E-state index contributed by atoms with van der Waals surface area (Å²) in [6, 6.07) is 15.5. The summed E-state index contributed by atoms with van der Waals surface area (Å²) in [5, 5.41) is 7.04. The standard InChI is InChI=1S/C26H34ClN3O3S/c27-21-12-15-24(16-13-21)34(32)30-23(14-11-20-7-4-5-10-25(20)30)19-33-26(31)29-18-6-17-28-22-8-2-1-3-9-22/h4-5,7,10,12-13,15-16,22-23,28H,1-3,6,8-9,11,14,17-19H2,(H,29,31). The highest BCUT2D eigenvalue weighted by atomic mass is 35.5. The first-order valence-electron chi connectivity index (χ1n) is 12.3. The molecule has 1 aliphatic carbocycles. The van der Waals surface area contributed by atoms with E-state index in [1.165, 1.54) is 32.1 Å². The third kappa shape index (κ3) is 6.74. The summed E-state index contributed by atoms with van der Waals surface area (Å²) >= 11 is 6.02. The monoisotopic (exact) mass is 503 g/mol. The number of benzene rings is 2. The van der Waals surface area contributed by atoms with Crippen molar-refractivity contribution in [2.24, 2.45) is 0 Å². The van der Waals surface area contributed by atoms with Crippen LogP contribution in [0.1, 0.15) is 50.5 Å². The predicted octanol–water partition coefficient (Wildman–Crippen LogP) is 5.22. The number of ether oxygens (including phenoxy) is 1. The minimum Gasteiger partial charge on any atom is -0.447 e. The number of anilines is 1. The summed E-state index contributed by atoms with van der Waals surface area (Å²) in [4.78, 5) is 13.0. The molecule has 1 saturated carbocycles. The average Bonchev–Trinajstić information content (AvgIpc) is 2.87. The first-order valence-corrected chi connectivity index (χ1v) is 13.8. The van der Waals surface area contributed by atoms with Gasteiger partial charge in [0.05, 0.1) is 16.6 Å². The molecule has 0 saturated heterocycles. The number of carbonyl (C=O) groups is 1. The van der Waals surface area contributed by atoms with Crippen LogP contribution in [0.4, 0.5) is 10.5 Å². The van der Waals surface area contributed by atoms with E-state index < -0.39 is 17.1 Å². The third-order valence-electron chi connectivity index (χ3n) is 6.57. The average molecular weight is 504 g/mol. The Bertz CT molecular complexity index is 966. The van der Waals surface area contributed by atoms with Crippen LogP contribution in [-0.2, 0) is 22.1 Å². The number of hydrogen-bond donors (Lipinski definition) is 2. The molecule has 2 aromatic carbocycles. The summed E-state index contributed by atoms with van der Waals surface area (Å²) in [5.74, 6) is 0. The lowest BCUT2D eigenvalue weighted by atomic mass is 9.95. The van der Waals surface area contributed by atoms with Crippen molar-refractivity contribution in [2.75, 3.05) is 24.0 Å². The Morgan fingerprint density at radius 2 is 1.79 bits per heavy atom. The molecule has 0 aromatic heterocycles. The Balaban J connectivity index is 1.29. The Hall–Kier alpha value is -2.09. The number of alkyl carbamates (subject to hydrolysis) is 1. The van der Waals surface area contributed by atoms with Gasteiger partial charge in [0.1, 0.15) is 6.61 Å². The van der Waals surface area contributed by atoms with Gasteiger partial charge in [-0.25, -0.2) is 9.00 Å². The van der Waals surface area contributed by atoms with Gasteiger partial charge in [-0.05, 0) is 74.5 Å². The summed E-state index contributed by atoms with van der Waals surface area (Å²) < 4.78 is 21.0. The molecular formula is C26H34ClN3O3S. The molecule has 1 amide bonds. The van der Waals surface area contributed by atoms with Crippen molar-refractivity contribution >= 4 is 34.4 Å². The molecule has 1 heterocycles. The molecule has 2 atom stereocenters. The summed E-state index contributed by atoms with van der Waals surface area (Å²) in [7, 11) is -1.44. The van der Waals surface area contributed by atoms with Crippen LogP contribution in [0.2, 0.25) is 5.02 Å². The SMILES string of the molecule is O=C(NCCCNC1CCCCC1)OCC1CCc2ccccc2N1S(=O)c1ccc(Cl)cc1. The number of fused-ring (bicyclic) bond motifs is 1. The van der Waals surface area contributed by atoms with Gasteiger partial charge >= 0.3 is 6.09 Å². The fourth-order valence-corrected chi connectivity index (χ4v) is 6.24. The molecule has 4 rings (SSSR count). The lowest BCUT2D eigenvalue weighted by molar-refractivity contribution is 0.138. The Labute approximate surface area is 210 Å². The maximum atomic E-state index is 13.5. The van der Waals surface area contributed by atoms with Crippen LogP contribution in [-0.4, -0.2) is 42.1 Å². The number of nitrogens with one attached hydrogen (secondary N) is 2. The summed E-state index contributed by atoms with van der Waals surface area (Å²) in [5.41, 5.74) is 2.07. The van der Waals surface area contributed by atoms with Gasteiger partial charge in [-0.1, -0.05) is 49.1 Å². The van der Waals surface area contributed by atoms with Crippen molar-refractivity contribution in [3.8, 4) is 0 Å². The van der Waals surface area contributed by atoms with Crippen molar-refractivity contribution < 1.29 is 13.7 Å². The van der Waals surface area contributed by atoms with E-state index in [9.17, 15) is 9.00 Å². The second-order valence-corrected chi connectivity index (χ2v) is 10.8. The van der Waals surface area contributed by atoms with Gasteiger partial charge in [-0.15, -0.1) is 0 Å². The van der Waals surface area contributed by atoms with Crippen LogP contribution in [0.15, 0.2) is 53.4 Å². The minimum atomic E-state index is -1.44. The second-order valence-electron chi connectivity index (χ2n) is 9.02. The zero-order valence-corrected chi connectivity index (χ0v) is 21.1. The van der Waals surface area contributed by atoms with E-state index in [-0.39, 0.29) is 12.6 Å². The van der Waals surface area contributed by atoms with Crippen LogP contribution < -0.4 is 14.9 Å². The Morgan fingerprint density at radius 1 is 1.03 bits per heavy atom. The summed E-state index contributed by atoms with van der Waals surface area (Å²) in [6.45, 7) is 1.66. The van der Waals surface area contributed by atoms with Gasteiger partial charge in [0.15, 0.2) is 11.0 Å². The molecule has 2 unspecified atom stereocenters. The maximum absolute atomic E-state index is 13.5. The van der Waals surface area contributed by atoms with E-state index in [1.807, 2.05) is 22.5 Å². The van der Waals surface area contributed by atoms with E-state index in [4.69, 9.17) is 16.3 Å². The van der Waals surface area contributed by atoms with Gasteiger partial charge in [0, 0.05) is 17.6 Å². The number of para-hydroxylation sites is 1. The number of rotatable bonds is 9. The van der Waals surface area contributed by atoms with Gasteiger partial charge in [0.2, 0.25) is 0 Å². The fourth-order valence-electron chi connectivity index (χ4n) is 4.73. The molecule has 8 heteroatoms. The predicted molar refractivity (Wildman–Crippen MR) is 138 cm³/mol.